The van der Waals surface area contributed by atoms with Crippen molar-refractivity contribution >= 4 is 29.1 Å². The van der Waals surface area contributed by atoms with E-state index in [1.165, 1.54) is 17.4 Å². The first-order valence-corrected chi connectivity index (χ1v) is 13.3. The molecule has 1 aliphatic carbocycles. The van der Waals surface area contributed by atoms with Crippen molar-refractivity contribution in [1.82, 2.24) is 15.3 Å². The van der Waals surface area contributed by atoms with E-state index < -0.39 is 18.0 Å². The molecular formula is C27H27FN4O5S. The molecule has 0 radical (unpaired) electrons. The van der Waals surface area contributed by atoms with Crippen molar-refractivity contribution in [3.63, 3.8) is 0 Å². The topological polar surface area (TPSA) is 127 Å². The minimum atomic E-state index is -1.13. The number of halogens is 1. The number of carboxylic acids is 1. The van der Waals surface area contributed by atoms with Crippen LogP contribution >= 0.6 is 11.3 Å². The van der Waals surface area contributed by atoms with Gasteiger partial charge in [-0.3, -0.25) is 4.99 Å². The minimum absolute atomic E-state index is 0.0251. The maximum Gasteiger partial charge on any atom is 0.357 e. The number of thiazole rings is 1. The summed E-state index contributed by atoms with van der Waals surface area (Å²) in [5, 5.41) is 15.1. The molecule has 11 heteroatoms. The first kappa shape index (κ1) is 25.8. The van der Waals surface area contributed by atoms with Crippen LogP contribution in [0.3, 0.4) is 0 Å². The lowest BCUT2D eigenvalue weighted by molar-refractivity contribution is -0.139. The minimum Gasteiger partial charge on any atom is -0.476 e. The van der Waals surface area contributed by atoms with Crippen LogP contribution in [0.1, 0.15) is 77.1 Å². The second-order valence-corrected chi connectivity index (χ2v) is 10.2. The van der Waals surface area contributed by atoms with E-state index in [4.69, 9.17) is 14.1 Å². The van der Waals surface area contributed by atoms with Gasteiger partial charge in [0.25, 0.3) is 0 Å². The molecule has 1 saturated carbocycles. The number of esters is 1. The molecule has 0 amide bonds. The number of carbonyl (C=O) groups excluding carboxylic acids is 1. The number of rotatable bonds is 7. The van der Waals surface area contributed by atoms with Crippen LogP contribution in [0, 0.1) is 18.7 Å². The summed E-state index contributed by atoms with van der Waals surface area (Å²) < 4.78 is 25.6. The number of nitrogens with one attached hydrogen (secondary N) is 1. The predicted molar refractivity (Wildman–Crippen MR) is 137 cm³/mol. The Morgan fingerprint density at radius 3 is 2.66 bits per heavy atom. The number of allylic oxidation sites excluding steroid dienone is 1. The summed E-state index contributed by atoms with van der Waals surface area (Å²) in [6, 6.07) is 4.03. The summed E-state index contributed by atoms with van der Waals surface area (Å²) in [6.07, 6.45) is 5.62. The van der Waals surface area contributed by atoms with Crippen LogP contribution in [0.15, 0.2) is 56.7 Å². The van der Waals surface area contributed by atoms with Gasteiger partial charge in [-0.25, -0.2) is 23.9 Å². The fourth-order valence-corrected chi connectivity index (χ4v) is 5.71. The summed E-state index contributed by atoms with van der Waals surface area (Å²) in [4.78, 5) is 38.0. The Morgan fingerprint density at radius 1 is 1.24 bits per heavy atom. The number of aliphatic imine (C=N–C) groups is 1. The van der Waals surface area contributed by atoms with Gasteiger partial charge in [-0.15, -0.1) is 11.3 Å². The second kappa shape index (κ2) is 10.9. The molecule has 0 saturated heterocycles. The van der Waals surface area contributed by atoms with Crippen molar-refractivity contribution in [3.8, 4) is 0 Å². The van der Waals surface area contributed by atoms with E-state index >= 15 is 0 Å². The molecule has 0 spiro atoms. The Labute approximate surface area is 222 Å². The zero-order valence-corrected chi connectivity index (χ0v) is 21.8. The lowest BCUT2D eigenvalue weighted by Gasteiger charge is -2.34. The third-order valence-corrected chi connectivity index (χ3v) is 7.81. The molecule has 198 valence electrons. The standard InChI is InChI=1S/C27H27FN4O5S/c1-3-36-27(35)20-21(15-7-9-16(10-8-15)24-30-19(13-37-24)26(33)34)31-23(25-29-11-12-38-25)32-22(20)17-5-4-6-18(28)14(17)2/h4-6,11-13,15-16,22H,3,7-10H2,1-2H3,(H,31,32)(H,33,34)/t15-,16-,22?. The Bertz CT molecular complexity index is 1410. The third-order valence-electron chi connectivity index (χ3n) is 7.04. The van der Waals surface area contributed by atoms with E-state index in [1.807, 2.05) is 5.38 Å². The summed E-state index contributed by atoms with van der Waals surface area (Å²) >= 11 is 1.42. The van der Waals surface area contributed by atoms with Crippen molar-refractivity contribution < 1.29 is 28.2 Å². The van der Waals surface area contributed by atoms with E-state index in [0.29, 0.717) is 64.8 Å². The normalized spacial score (nSPS) is 21.6. The molecule has 0 bridgehead atoms. The van der Waals surface area contributed by atoms with Crippen molar-refractivity contribution in [2.75, 3.05) is 6.61 Å². The van der Waals surface area contributed by atoms with Crippen molar-refractivity contribution in [2.45, 2.75) is 51.5 Å². The number of ether oxygens (including phenoxy) is 1. The average molecular weight is 539 g/mol. The van der Waals surface area contributed by atoms with Gasteiger partial charge in [0.15, 0.2) is 22.4 Å². The molecule has 2 aliphatic rings. The van der Waals surface area contributed by atoms with Gasteiger partial charge < -0.3 is 19.6 Å². The molecule has 1 aliphatic heterocycles. The van der Waals surface area contributed by atoms with E-state index in [2.05, 4.69) is 15.3 Å². The number of nitrogens with zero attached hydrogens (tertiary/aromatic N) is 3. The Kier molecular flexibility index (Phi) is 7.37. The zero-order chi connectivity index (χ0) is 26.8. The fourth-order valence-electron chi connectivity index (χ4n) is 5.12. The molecule has 1 unspecified atom stereocenters. The highest BCUT2D eigenvalue weighted by Crippen LogP contribution is 2.43. The molecule has 2 aromatic heterocycles. The second-order valence-electron chi connectivity index (χ2n) is 9.27. The molecule has 2 N–H and O–H groups in total. The summed E-state index contributed by atoms with van der Waals surface area (Å²) in [7, 11) is 0. The van der Waals surface area contributed by atoms with Crippen molar-refractivity contribution in [1.29, 1.82) is 0 Å². The van der Waals surface area contributed by atoms with Gasteiger partial charge in [0.2, 0.25) is 0 Å². The van der Waals surface area contributed by atoms with Crippen molar-refractivity contribution in [2.24, 2.45) is 10.9 Å². The zero-order valence-electron chi connectivity index (χ0n) is 20.9. The molecular weight excluding hydrogens is 511 g/mol. The number of oxazole rings is 1. The van der Waals surface area contributed by atoms with Crippen LogP contribution in [-0.2, 0) is 9.53 Å². The maximum absolute atomic E-state index is 14.6. The Balaban J connectivity index is 1.53. The van der Waals surface area contributed by atoms with Crippen LogP contribution in [-0.4, -0.2) is 39.5 Å². The number of aromatic carboxylic acids is 1. The van der Waals surface area contributed by atoms with Crippen LogP contribution in [0.25, 0.3) is 0 Å². The number of hydrogen-bond acceptors (Lipinski definition) is 9. The highest BCUT2D eigenvalue weighted by molar-refractivity contribution is 7.11. The molecule has 3 aromatic rings. The van der Waals surface area contributed by atoms with Gasteiger partial charge in [0, 0.05) is 23.2 Å². The third kappa shape index (κ3) is 4.98. The highest BCUT2D eigenvalue weighted by Gasteiger charge is 2.38. The lowest BCUT2D eigenvalue weighted by Crippen LogP contribution is -2.38. The molecule has 1 fully saturated rings. The molecule has 5 rings (SSSR count). The van der Waals surface area contributed by atoms with Gasteiger partial charge in [-0.2, -0.15) is 0 Å². The van der Waals surface area contributed by atoms with Gasteiger partial charge in [0.1, 0.15) is 18.1 Å². The van der Waals surface area contributed by atoms with E-state index in [9.17, 15) is 19.1 Å². The van der Waals surface area contributed by atoms with Gasteiger partial charge >= 0.3 is 11.9 Å². The Morgan fingerprint density at radius 2 is 2.00 bits per heavy atom. The monoisotopic (exact) mass is 538 g/mol. The summed E-state index contributed by atoms with van der Waals surface area (Å²) in [6.45, 7) is 3.62. The van der Waals surface area contributed by atoms with Gasteiger partial charge in [-0.05, 0) is 62.6 Å². The Hall–Kier alpha value is -3.86. The molecule has 1 aromatic carbocycles. The quantitative estimate of drug-likeness (QED) is 0.395. The van der Waals surface area contributed by atoms with Crippen molar-refractivity contribution in [3.05, 3.63) is 80.8 Å². The molecule has 1 atom stereocenters. The lowest BCUT2D eigenvalue weighted by atomic mass is 9.77. The van der Waals surface area contributed by atoms with E-state index in [1.54, 1.807) is 32.2 Å². The maximum atomic E-state index is 14.6. The number of carboxylic acid groups (broad SMARTS) is 1. The van der Waals surface area contributed by atoms with E-state index in [0.717, 1.165) is 6.26 Å². The number of hydrogen-bond donors (Lipinski definition) is 2. The van der Waals surface area contributed by atoms with E-state index in [-0.39, 0.29) is 30.0 Å². The smallest absolute Gasteiger partial charge is 0.357 e. The van der Waals surface area contributed by atoms with Gasteiger partial charge in [0.05, 0.1) is 12.2 Å². The van der Waals surface area contributed by atoms with Crippen LogP contribution in [0.2, 0.25) is 0 Å². The summed E-state index contributed by atoms with van der Waals surface area (Å²) in [5.74, 6) is -1.12. The summed E-state index contributed by atoms with van der Waals surface area (Å²) in [5.41, 5.74) is 1.98. The van der Waals surface area contributed by atoms with Gasteiger partial charge in [-0.1, -0.05) is 12.1 Å². The number of benzene rings is 1. The first-order valence-electron chi connectivity index (χ1n) is 12.5. The molecule has 3 heterocycles. The van der Waals surface area contributed by atoms with Crippen LogP contribution in [0.5, 0.6) is 0 Å². The number of aromatic nitrogens is 2. The predicted octanol–water partition coefficient (Wildman–Crippen LogP) is 5.16. The van der Waals surface area contributed by atoms with Crippen LogP contribution in [0.4, 0.5) is 4.39 Å². The highest BCUT2D eigenvalue weighted by atomic mass is 32.1. The van der Waals surface area contributed by atoms with Crippen LogP contribution < -0.4 is 5.32 Å². The number of carbonyl (C=O) groups is 2. The molecule has 38 heavy (non-hydrogen) atoms. The number of amidine groups is 1. The molecule has 9 nitrogen and oxygen atoms in total. The fraction of sp³-hybridized carbons (Fsp3) is 0.370. The largest absolute Gasteiger partial charge is 0.476 e. The first-order chi connectivity index (χ1) is 18.4. The average Bonchev–Trinajstić information content (AvgIpc) is 3.63. The SMILES string of the molecule is CCOC(=O)C1=C([C@H]2CC[C@H](c3nc(C(=O)O)co3)CC2)NC(c2nccs2)=NC1c1cccc(F)c1C.